The van der Waals surface area contributed by atoms with Gasteiger partial charge < -0.3 is 4.74 Å². The van der Waals surface area contributed by atoms with Crippen LogP contribution in [0.1, 0.15) is 32.6 Å². The molecule has 0 N–H and O–H groups in total. The summed E-state index contributed by atoms with van der Waals surface area (Å²) in [5.41, 5.74) is -0.168. The highest BCUT2D eigenvalue weighted by Crippen LogP contribution is 2.22. The molecular formula is C17H20N2O3. The van der Waals surface area contributed by atoms with E-state index in [9.17, 15) is 9.59 Å². The number of esters is 1. The van der Waals surface area contributed by atoms with Gasteiger partial charge in [0.1, 0.15) is 6.10 Å². The zero-order valence-corrected chi connectivity index (χ0v) is 12.7. The fourth-order valence-electron chi connectivity index (χ4n) is 2.88. The lowest BCUT2D eigenvalue weighted by Gasteiger charge is -2.16. The van der Waals surface area contributed by atoms with Gasteiger partial charge in [-0.3, -0.25) is 9.59 Å². The van der Waals surface area contributed by atoms with Gasteiger partial charge in [0, 0.05) is 5.39 Å². The minimum absolute atomic E-state index is 0.0521. The van der Waals surface area contributed by atoms with E-state index in [0.717, 1.165) is 31.1 Å². The van der Waals surface area contributed by atoms with Crippen LogP contribution in [0.5, 0.6) is 0 Å². The molecular weight excluding hydrogens is 280 g/mol. The Kier molecular flexibility index (Phi) is 4.22. The maximum absolute atomic E-state index is 12.4. The van der Waals surface area contributed by atoms with Gasteiger partial charge in [-0.2, -0.15) is 5.10 Å². The Morgan fingerprint density at radius 3 is 2.86 bits per heavy atom. The molecule has 0 bridgehead atoms. The summed E-state index contributed by atoms with van der Waals surface area (Å²) in [5.74, 6) is -0.624. The number of ether oxygens (including phenoxy) is 1. The van der Waals surface area contributed by atoms with Gasteiger partial charge in [-0.25, -0.2) is 4.68 Å². The first-order chi connectivity index (χ1) is 10.6. The summed E-state index contributed by atoms with van der Waals surface area (Å²) in [7, 11) is 0. The molecule has 5 nitrogen and oxygen atoms in total. The molecule has 0 saturated heterocycles. The van der Waals surface area contributed by atoms with Gasteiger partial charge in [0.05, 0.1) is 24.0 Å². The van der Waals surface area contributed by atoms with Crippen LogP contribution in [0.15, 0.2) is 35.3 Å². The molecule has 1 aromatic heterocycles. The summed E-state index contributed by atoms with van der Waals surface area (Å²) in [5, 5.41) is 5.59. The van der Waals surface area contributed by atoms with Crippen LogP contribution < -0.4 is 5.56 Å². The quantitative estimate of drug-likeness (QED) is 0.814. The fourth-order valence-corrected chi connectivity index (χ4v) is 2.88. The van der Waals surface area contributed by atoms with E-state index in [-0.39, 0.29) is 30.1 Å². The molecule has 1 heterocycles. The highest BCUT2D eigenvalue weighted by Gasteiger charge is 2.23. The summed E-state index contributed by atoms with van der Waals surface area (Å²) in [4.78, 5) is 24.5. The van der Waals surface area contributed by atoms with Gasteiger partial charge in [0.15, 0.2) is 0 Å². The summed E-state index contributed by atoms with van der Waals surface area (Å²) in [6, 6.07) is 7.32. The van der Waals surface area contributed by atoms with E-state index in [4.69, 9.17) is 4.74 Å². The molecule has 1 atom stereocenters. The third-order valence-electron chi connectivity index (χ3n) is 4.20. The normalized spacial score (nSPS) is 16.8. The average molecular weight is 300 g/mol. The number of rotatable bonds is 4. The zero-order valence-electron chi connectivity index (χ0n) is 12.7. The minimum atomic E-state index is -0.382. The van der Waals surface area contributed by atoms with Crippen molar-refractivity contribution in [2.24, 2.45) is 5.92 Å². The Balaban J connectivity index is 1.73. The van der Waals surface area contributed by atoms with Crippen molar-refractivity contribution in [3.05, 3.63) is 40.8 Å². The van der Waals surface area contributed by atoms with Crippen LogP contribution in [-0.2, 0) is 16.1 Å². The summed E-state index contributed by atoms with van der Waals surface area (Å²) in [6.07, 6.45) is 5.86. The molecule has 2 aromatic rings. The second kappa shape index (κ2) is 6.30. The molecule has 0 spiro atoms. The third-order valence-corrected chi connectivity index (χ3v) is 4.20. The van der Waals surface area contributed by atoms with Crippen LogP contribution in [0.25, 0.3) is 10.8 Å². The number of aromatic nitrogens is 2. The highest BCUT2D eigenvalue weighted by atomic mass is 16.5. The van der Waals surface area contributed by atoms with E-state index in [0.29, 0.717) is 5.39 Å². The van der Waals surface area contributed by atoms with Crippen LogP contribution in [0.3, 0.4) is 0 Å². The molecule has 116 valence electrons. The summed E-state index contributed by atoms with van der Waals surface area (Å²) in [6.45, 7) is 2.02. The topological polar surface area (TPSA) is 61.2 Å². The van der Waals surface area contributed by atoms with Crippen LogP contribution in [0.2, 0.25) is 0 Å². The van der Waals surface area contributed by atoms with E-state index < -0.39 is 0 Å². The monoisotopic (exact) mass is 300 g/mol. The van der Waals surface area contributed by atoms with Crippen molar-refractivity contribution < 1.29 is 9.53 Å². The van der Waals surface area contributed by atoms with Gasteiger partial charge in [0.2, 0.25) is 0 Å². The standard InChI is InChI=1S/C17H20N2O3/c1-12(17(21)22-14-7-3-4-8-14)11-19-16(20)15-9-5-2-6-13(15)10-18-19/h2,5-6,9-10,12,14H,3-4,7-8,11H2,1H3. The Morgan fingerprint density at radius 1 is 1.36 bits per heavy atom. The number of carbonyl (C=O) groups is 1. The number of hydrogen-bond donors (Lipinski definition) is 0. The molecule has 1 fully saturated rings. The predicted molar refractivity (Wildman–Crippen MR) is 83.5 cm³/mol. The van der Waals surface area contributed by atoms with Crippen molar-refractivity contribution in [3.8, 4) is 0 Å². The first-order valence-corrected chi connectivity index (χ1v) is 7.80. The lowest BCUT2D eigenvalue weighted by atomic mass is 10.1. The molecule has 0 radical (unpaired) electrons. The smallest absolute Gasteiger partial charge is 0.310 e. The van der Waals surface area contributed by atoms with Crippen LogP contribution in [0.4, 0.5) is 0 Å². The van der Waals surface area contributed by atoms with Gasteiger partial charge in [-0.1, -0.05) is 25.1 Å². The van der Waals surface area contributed by atoms with Crippen molar-refractivity contribution >= 4 is 16.7 Å². The lowest BCUT2D eigenvalue weighted by molar-refractivity contribution is -0.153. The lowest BCUT2D eigenvalue weighted by Crippen LogP contribution is -2.30. The van der Waals surface area contributed by atoms with Crippen molar-refractivity contribution in [3.63, 3.8) is 0 Å². The van der Waals surface area contributed by atoms with Crippen molar-refractivity contribution in [1.82, 2.24) is 9.78 Å². The van der Waals surface area contributed by atoms with E-state index in [1.807, 2.05) is 18.2 Å². The Morgan fingerprint density at radius 2 is 2.09 bits per heavy atom. The van der Waals surface area contributed by atoms with E-state index >= 15 is 0 Å². The number of fused-ring (bicyclic) bond motifs is 1. The first kappa shape index (κ1) is 14.8. The fraction of sp³-hybridized carbons (Fsp3) is 0.471. The number of carbonyl (C=O) groups excluding carboxylic acids is 1. The maximum atomic E-state index is 12.4. The molecule has 0 aliphatic heterocycles. The third kappa shape index (κ3) is 3.03. The maximum Gasteiger partial charge on any atom is 0.310 e. The highest BCUT2D eigenvalue weighted by molar-refractivity contribution is 5.80. The molecule has 1 aromatic carbocycles. The van der Waals surface area contributed by atoms with Crippen LogP contribution >= 0.6 is 0 Å². The number of benzene rings is 1. The molecule has 22 heavy (non-hydrogen) atoms. The summed E-state index contributed by atoms with van der Waals surface area (Å²) < 4.78 is 6.84. The second-order valence-electron chi connectivity index (χ2n) is 5.96. The second-order valence-corrected chi connectivity index (χ2v) is 5.96. The van der Waals surface area contributed by atoms with E-state index in [1.54, 1.807) is 19.2 Å². The zero-order chi connectivity index (χ0) is 15.5. The molecule has 1 unspecified atom stereocenters. The Hall–Kier alpha value is -2.17. The predicted octanol–water partition coefficient (Wildman–Crippen LogP) is 2.52. The van der Waals surface area contributed by atoms with Crippen LogP contribution in [-0.4, -0.2) is 21.9 Å². The largest absolute Gasteiger partial charge is 0.462 e. The van der Waals surface area contributed by atoms with Crippen molar-refractivity contribution in [2.45, 2.75) is 45.3 Å². The van der Waals surface area contributed by atoms with Crippen molar-refractivity contribution in [2.75, 3.05) is 0 Å². The minimum Gasteiger partial charge on any atom is -0.462 e. The first-order valence-electron chi connectivity index (χ1n) is 7.80. The molecule has 1 aliphatic carbocycles. The molecule has 0 amide bonds. The molecule has 3 rings (SSSR count). The van der Waals surface area contributed by atoms with Gasteiger partial charge in [-0.15, -0.1) is 0 Å². The van der Waals surface area contributed by atoms with Crippen LogP contribution in [0, 0.1) is 5.92 Å². The average Bonchev–Trinajstić information content (AvgIpc) is 3.03. The van der Waals surface area contributed by atoms with E-state index in [2.05, 4.69) is 5.10 Å². The summed E-state index contributed by atoms with van der Waals surface area (Å²) >= 11 is 0. The molecule has 5 heteroatoms. The molecule has 1 saturated carbocycles. The van der Waals surface area contributed by atoms with Gasteiger partial charge in [-0.05, 0) is 31.7 Å². The Bertz CT molecular complexity index is 732. The van der Waals surface area contributed by atoms with Crippen molar-refractivity contribution in [1.29, 1.82) is 0 Å². The van der Waals surface area contributed by atoms with Gasteiger partial charge >= 0.3 is 5.97 Å². The van der Waals surface area contributed by atoms with E-state index in [1.165, 1.54) is 4.68 Å². The van der Waals surface area contributed by atoms with Gasteiger partial charge in [0.25, 0.3) is 5.56 Å². The number of nitrogens with zero attached hydrogens (tertiary/aromatic N) is 2. The SMILES string of the molecule is CC(Cn1ncc2ccccc2c1=O)C(=O)OC1CCCC1. The number of hydrogen-bond acceptors (Lipinski definition) is 4. The Labute approximate surface area is 128 Å². The molecule has 1 aliphatic rings.